The number of para-hydroxylation sites is 2. The maximum absolute atomic E-state index is 14.8. The highest BCUT2D eigenvalue weighted by Gasteiger charge is 2.40. The fourth-order valence-corrected chi connectivity index (χ4v) is 11.4. The van der Waals surface area contributed by atoms with Crippen molar-refractivity contribution in [2.24, 2.45) is 11.5 Å². The topological polar surface area (TPSA) is 702 Å². The van der Waals surface area contributed by atoms with E-state index in [1.54, 1.807) is 30.5 Å². The minimum atomic E-state index is -2.44. The van der Waals surface area contributed by atoms with Crippen molar-refractivity contribution in [1.29, 1.82) is 0 Å². The minimum absolute atomic E-state index is 0.0179. The number of aliphatic hydroxyl groups excluding tert-OH is 1. The van der Waals surface area contributed by atoms with Gasteiger partial charge in [-0.2, -0.15) is 0 Å². The maximum Gasteiger partial charge on any atom is 0.329 e. The van der Waals surface area contributed by atoms with E-state index in [2.05, 4.69) is 65.1 Å². The first kappa shape index (κ1) is 93.7. The maximum atomic E-state index is 14.8. The van der Waals surface area contributed by atoms with E-state index in [1.165, 1.54) is 24.3 Å². The summed E-state index contributed by atoms with van der Waals surface area (Å²) in [5.74, 6) is -28.2. The average Bonchev–Trinajstić information content (AvgIpc) is 1.64. The Hall–Kier alpha value is -12.7. The average molecular weight is 1610 g/mol. The molecule has 624 valence electrons. The largest absolute Gasteiger partial charge is 0.481 e. The number of rotatable bonds is 35. The molecule has 0 radical (unpaired) electrons. The number of Topliss-reactive ketones (excluding diaryl/α,β-unsaturated/α-hetero) is 1. The molecule has 4 rings (SSSR count). The van der Waals surface area contributed by atoms with Crippen LogP contribution in [-0.4, -0.2) is 248 Å². The molecule has 1 fully saturated rings. The summed E-state index contributed by atoms with van der Waals surface area (Å²) in [4.78, 5) is 275. The first-order chi connectivity index (χ1) is 53.9. The molecule has 43 heteroatoms. The Morgan fingerprint density at radius 2 is 1.05 bits per heavy atom. The van der Waals surface area contributed by atoms with Gasteiger partial charge in [-0.15, -0.1) is 0 Å². The number of nitrogens with two attached hydrogens (primary N) is 3. The summed E-state index contributed by atoms with van der Waals surface area (Å²) in [6.45, 7) is 0.0306. The number of anilines is 1. The lowest BCUT2D eigenvalue weighted by molar-refractivity contribution is -0.156. The number of esters is 1. The number of benzene rings is 2. The molecule has 0 aliphatic carbocycles. The lowest BCUT2D eigenvalue weighted by atomic mass is 10.0. The van der Waals surface area contributed by atoms with Crippen LogP contribution in [0.4, 0.5) is 5.69 Å². The number of aliphatic hydroxyl groups is 1. The number of hydrogen-bond donors (Lipinski definition) is 22. The van der Waals surface area contributed by atoms with Crippen LogP contribution < -0.4 is 86.3 Å². The molecule has 1 aliphatic heterocycles. The number of nitrogen functional groups attached to an aromatic ring is 1. The van der Waals surface area contributed by atoms with E-state index in [0.29, 0.717) is 29.3 Å². The van der Waals surface area contributed by atoms with Gasteiger partial charge in [0.15, 0.2) is 5.78 Å². The number of hydrogen-bond acceptors (Lipinski definition) is 24. The van der Waals surface area contributed by atoms with E-state index < -0.39 is 262 Å². The van der Waals surface area contributed by atoms with Crippen molar-refractivity contribution in [3.63, 3.8) is 0 Å². The van der Waals surface area contributed by atoms with Gasteiger partial charge in [-0.25, -0.2) is 4.79 Å². The molecule has 0 bridgehead atoms. The van der Waals surface area contributed by atoms with Gasteiger partial charge in [-0.05, 0) is 69.8 Å². The molecule has 2 heterocycles. The van der Waals surface area contributed by atoms with Gasteiger partial charge in [0, 0.05) is 54.0 Å². The Kier molecular flexibility index (Phi) is 39.0. The zero-order valence-electron chi connectivity index (χ0n) is 62.7. The van der Waals surface area contributed by atoms with Gasteiger partial charge in [-0.1, -0.05) is 75.8 Å². The van der Waals surface area contributed by atoms with Crippen LogP contribution in [0.3, 0.4) is 0 Å². The van der Waals surface area contributed by atoms with Gasteiger partial charge in [0.1, 0.15) is 72.6 Å². The second-order valence-electron chi connectivity index (χ2n) is 26.7. The predicted molar refractivity (Wildman–Crippen MR) is 396 cm³/mol. The summed E-state index contributed by atoms with van der Waals surface area (Å²) in [6.07, 6.45) is -3.17. The molecule has 2 aromatic carbocycles. The number of carboxylic acid groups (broad SMARTS) is 4. The van der Waals surface area contributed by atoms with E-state index in [0.717, 1.165) is 46.0 Å². The molecule has 14 amide bonds. The van der Waals surface area contributed by atoms with Crippen LogP contribution in [-0.2, 0) is 102 Å². The van der Waals surface area contributed by atoms with E-state index in [-0.39, 0.29) is 37.1 Å². The van der Waals surface area contributed by atoms with Crippen molar-refractivity contribution in [2.45, 2.75) is 209 Å². The molecular weight excluding hydrogens is 1510 g/mol. The van der Waals surface area contributed by atoms with Crippen molar-refractivity contribution < 1.29 is 126 Å². The number of fused-ring (bicyclic) bond motifs is 1. The van der Waals surface area contributed by atoms with Gasteiger partial charge in [0.05, 0.1) is 45.4 Å². The number of unbranched alkanes of at least 4 members (excludes halogenated alkanes) is 6. The van der Waals surface area contributed by atoms with Gasteiger partial charge in [0.2, 0.25) is 82.7 Å². The number of H-pyrrole nitrogens is 1. The quantitative estimate of drug-likeness (QED) is 0.0113. The third-order valence-corrected chi connectivity index (χ3v) is 17.5. The Bertz CT molecular complexity index is 4000. The number of carboxylic acids is 4. The van der Waals surface area contributed by atoms with Crippen molar-refractivity contribution in [1.82, 2.24) is 74.1 Å². The van der Waals surface area contributed by atoms with Crippen LogP contribution in [0.1, 0.15) is 146 Å². The Labute approximate surface area is 651 Å². The molecule has 1 aromatic heterocycles. The molecule has 0 spiro atoms. The van der Waals surface area contributed by atoms with Gasteiger partial charge in [0.25, 0.3) is 0 Å². The normalized spacial score (nSPS) is 21.0. The number of cyclic esters (lactones) is 1. The summed E-state index contributed by atoms with van der Waals surface area (Å²) >= 11 is 0. The van der Waals surface area contributed by atoms with Crippen LogP contribution in [0, 0.1) is 0 Å². The number of nitrogens with one attached hydrogen (secondary N) is 14. The van der Waals surface area contributed by atoms with Gasteiger partial charge in [-0.3, -0.25) is 91.1 Å². The van der Waals surface area contributed by atoms with Crippen molar-refractivity contribution in [3.05, 3.63) is 65.9 Å². The third-order valence-electron chi connectivity index (χ3n) is 17.5. The number of ether oxygens (including phenoxy) is 1. The van der Waals surface area contributed by atoms with E-state index >= 15 is 0 Å². The summed E-state index contributed by atoms with van der Waals surface area (Å²) in [6, 6.07) is -10.5. The van der Waals surface area contributed by atoms with Gasteiger partial charge >= 0.3 is 29.8 Å². The number of ketones is 1. The molecule has 12 unspecified atom stereocenters. The molecule has 114 heavy (non-hydrogen) atoms. The molecule has 0 saturated carbocycles. The molecule has 1 aliphatic rings. The highest BCUT2D eigenvalue weighted by atomic mass is 16.5. The summed E-state index contributed by atoms with van der Waals surface area (Å²) < 4.78 is 5.65. The van der Waals surface area contributed by atoms with E-state index in [1.807, 2.05) is 16.0 Å². The first-order valence-corrected chi connectivity index (χ1v) is 36.4. The van der Waals surface area contributed by atoms with Crippen molar-refractivity contribution >= 4 is 135 Å². The zero-order chi connectivity index (χ0) is 84.9. The van der Waals surface area contributed by atoms with Crippen LogP contribution in [0.2, 0.25) is 0 Å². The molecule has 3 aromatic rings. The lowest BCUT2D eigenvalue weighted by Gasteiger charge is -2.29. The number of amides is 14. The zero-order valence-corrected chi connectivity index (χ0v) is 62.7. The number of aromatic nitrogens is 1. The molecule has 25 N–H and O–H groups in total. The smallest absolute Gasteiger partial charge is 0.329 e. The second-order valence-corrected chi connectivity index (χ2v) is 26.7. The third kappa shape index (κ3) is 32.3. The Morgan fingerprint density at radius 3 is 1.65 bits per heavy atom. The summed E-state index contributed by atoms with van der Waals surface area (Å²) in [7, 11) is 0. The number of carbonyl (C=O) groups is 20. The number of aliphatic carboxylic acids is 4. The van der Waals surface area contributed by atoms with Gasteiger partial charge < -0.3 is 122 Å². The molecule has 43 nitrogen and oxygen atoms in total. The van der Waals surface area contributed by atoms with Crippen LogP contribution in [0.25, 0.3) is 10.9 Å². The number of aromatic amines is 1. The highest BCUT2D eigenvalue weighted by molar-refractivity contribution is 6.05. The number of primary amides is 1. The van der Waals surface area contributed by atoms with Crippen LogP contribution in [0.5, 0.6) is 0 Å². The first-order valence-electron chi connectivity index (χ1n) is 36.4. The summed E-state index contributed by atoms with van der Waals surface area (Å²) in [5, 5.41) is 78.2. The Morgan fingerprint density at radius 1 is 0.526 bits per heavy atom. The van der Waals surface area contributed by atoms with Crippen molar-refractivity contribution in [3.8, 4) is 0 Å². The fourth-order valence-electron chi connectivity index (χ4n) is 11.4. The monoisotopic (exact) mass is 1610 g/mol. The molecule has 12 atom stereocenters. The SMILES string of the molecule is CCCCCCCCCC(=O)NC(Cc1c[nH]c2ccccc12)C(=O)NC(CC(N)=O)C(=O)NC(CC(=O)O)C(=O)NC1C(=O)NCC(=O)NC(CCCN)C(=O)NC(CC(=O)O)C(=O)NC(C)C(=O)NC(CC(=O)O)C(=O)NCC(=O)NC(CO)C(=O)NC(CCC(=O)O)C(=O)NC(CC(=O)c2ccccc2N)C(=O)OC1C. The highest BCUT2D eigenvalue weighted by Crippen LogP contribution is 2.21. The fraction of sp³-hybridized carbons (Fsp3) is 0.521. The number of carbonyl (C=O) groups excluding carboxylic acids is 16. The lowest BCUT2D eigenvalue weighted by Crippen LogP contribution is -2.61. The molecular formula is C71H99N17O26. The second kappa shape index (κ2) is 47.5. The van der Waals surface area contributed by atoms with Crippen LogP contribution in [0.15, 0.2) is 54.7 Å². The van der Waals surface area contributed by atoms with Crippen molar-refractivity contribution in [2.75, 3.05) is 32.0 Å². The standard InChI is InChI=1S/C71H99N17O26/c1-4-5-6-7-8-9-10-21-53(92)80-44(25-37-31-75-41-19-14-12-16-38(37)41)66(108)84-45(27-52(74)91)67(109)86-48(30-59(101)102)68(110)88-60-36(3)114-71(113)49(26-51(90)39-17-11-13-18-40(39)73)87-64(106)43(22-23-56(95)96)82-69(111)50(34-89)81-55(94)32-76-62(104)46(28-57(97)98)83-61(103)35(2)78-65(107)47(29-58(99)100)85-63(105)42(20-15-24-72)79-54(93)33-77-70(60)112/h11-14,16-19,31,35-36,42-50,60,75,89H,4-10,15,20-30,32-34,72-73H2,1-3H3,(H2,74,91)(H,76,104)(H,77,112)(H,78,107)(H,79,93)(H,80,92)(H,81,94)(H,82,111)(H,83,103)(H,84,108)(H,85,105)(H,86,109)(H,87,106)(H,88,110)(H,95,96)(H,97,98)(H,99,100)(H,101,102). The van der Waals surface area contributed by atoms with E-state index in [9.17, 15) is 121 Å². The Balaban J connectivity index is 1.86. The molecule has 1 saturated heterocycles. The van der Waals surface area contributed by atoms with Crippen LogP contribution >= 0.6 is 0 Å². The van der Waals surface area contributed by atoms with E-state index in [4.69, 9.17) is 21.9 Å². The minimum Gasteiger partial charge on any atom is -0.481 e. The predicted octanol–water partition coefficient (Wildman–Crippen LogP) is -5.87. The summed E-state index contributed by atoms with van der Waals surface area (Å²) in [5.41, 5.74) is 18.1.